The SMILES string of the molecule is COc1ccccc1/C=C/C(=O)N[C@@H](CC(C)C)C(=O)O. The number of carbonyl (C=O) groups excluding carboxylic acids is 1. The van der Waals surface area contributed by atoms with E-state index >= 15 is 0 Å². The molecule has 0 radical (unpaired) electrons. The average molecular weight is 291 g/mol. The van der Waals surface area contributed by atoms with Gasteiger partial charge >= 0.3 is 5.97 Å². The summed E-state index contributed by atoms with van der Waals surface area (Å²) in [6.07, 6.45) is 3.31. The molecule has 0 bridgehead atoms. The molecule has 5 heteroatoms. The van der Waals surface area contributed by atoms with E-state index in [0.29, 0.717) is 12.2 Å². The lowest BCUT2D eigenvalue weighted by Crippen LogP contribution is -2.40. The highest BCUT2D eigenvalue weighted by Gasteiger charge is 2.19. The van der Waals surface area contributed by atoms with Gasteiger partial charge in [-0.15, -0.1) is 0 Å². The van der Waals surface area contributed by atoms with Crippen molar-refractivity contribution in [1.29, 1.82) is 0 Å². The summed E-state index contributed by atoms with van der Waals surface area (Å²) in [4.78, 5) is 22.9. The first kappa shape index (κ1) is 16.8. The van der Waals surface area contributed by atoms with Crippen molar-refractivity contribution in [3.63, 3.8) is 0 Å². The third kappa shape index (κ3) is 5.69. The van der Waals surface area contributed by atoms with Crippen LogP contribution in [0.2, 0.25) is 0 Å². The molecule has 0 aromatic heterocycles. The zero-order chi connectivity index (χ0) is 15.8. The normalized spacial score (nSPS) is 12.4. The van der Waals surface area contributed by atoms with Crippen LogP contribution in [0.5, 0.6) is 5.75 Å². The highest BCUT2D eigenvalue weighted by molar-refractivity contribution is 5.94. The monoisotopic (exact) mass is 291 g/mol. The van der Waals surface area contributed by atoms with Crippen LogP contribution in [-0.2, 0) is 9.59 Å². The summed E-state index contributed by atoms with van der Waals surface area (Å²) < 4.78 is 5.17. The van der Waals surface area contributed by atoms with Crippen molar-refractivity contribution in [2.75, 3.05) is 7.11 Å². The predicted octanol–water partition coefficient (Wildman–Crippen LogP) is 2.32. The molecule has 0 unspecified atom stereocenters. The van der Waals surface area contributed by atoms with Gasteiger partial charge in [0.15, 0.2) is 0 Å². The van der Waals surface area contributed by atoms with Crippen LogP contribution in [0.15, 0.2) is 30.3 Å². The molecule has 0 aliphatic heterocycles. The van der Waals surface area contributed by atoms with Crippen LogP contribution in [-0.4, -0.2) is 30.1 Å². The fourth-order valence-corrected chi connectivity index (χ4v) is 1.88. The number of carboxylic acids is 1. The zero-order valence-corrected chi connectivity index (χ0v) is 12.5. The molecule has 1 rings (SSSR count). The number of amides is 1. The number of carbonyl (C=O) groups is 2. The fourth-order valence-electron chi connectivity index (χ4n) is 1.88. The van der Waals surface area contributed by atoms with Crippen molar-refractivity contribution in [1.82, 2.24) is 5.32 Å². The van der Waals surface area contributed by atoms with Gasteiger partial charge in [-0.2, -0.15) is 0 Å². The fraction of sp³-hybridized carbons (Fsp3) is 0.375. The molecule has 0 aliphatic rings. The van der Waals surface area contributed by atoms with Gasteiger partial charge in [-0.05, 0) is 24.5 Å². The molecule has 0 fully saturated rings. The largest absolute Gasteiger partial charge is 0.496 e. The molecule has 0 saturated carbocycles. The Bertz CT molecular complexity index is 523. The van der Waals surface area contributed by atoms with E-state index < -0.39 is 17.9 Å². The van der Waals surface area contributed by atoms with Gasteiger partial charge in [0.2, 0.25) is 5.91 Å². The molecular formula is C16H21NO4. The molecule has 114 valence electrons. The summed E-state index contributed by atoms with van der Waals surface area (Å²) in [6, 6.07) is 6.39. The maximum atomic E-state index is 11.8. The van der Waals surface area contributed by atoms with E-state index in [4.69, 9.17) is 9.84 Å². The van der Waals surface area contributed by atoms with Crippen molar-refractivity contribution in [2.45, 2.75) is 26.3 Å². The van der Waals surface area contributed by atoms with Crippen LogP contribution in [0, 0.1) is 5.92 Å². The number of carboxylic acid groups (broad SMARTS) is 1. The Morgan fingerprint density at radius 2 is 2.00 bits per heavy atom. The standard InChI is InChI=1S/C16H21NO4/c1-11(2)10-13(16(19)20)17-15(18)9-8-12-6-4-5-7-14(12)21-3/h4-9,11,13H,10H2,1-3H3,(H,17,18)(H,19,20)/b9-8+/t13-/m0/s1. The number of benzene rings is 1. The van der Waals surface area contributed by atoms with Gasteiger partial charge in [-0.3, -0.25) is 4.79 Å². The summed E-state index contributed by atoms with van der Waals surface area (Å²) in [7, 11) is 1.55. The minimum absolute atomic E-state index is 0.185. The van der Waals surface area contributed by atoms with Gasteiger partial charge in [0.1, 0.15) is 11.8 Å². The number of methoxy groups -OCH3 is 1. The van der Waals surface area contributed by atoms with Crippen molar-refractivity contribution in [3.8, 4) is 5.75 Å². The minimum atomic E-state index is -1.03. The Morgan fingerprint density at radius 1 is 1.33 bits per heavy atom. The number of hydrogen-bond acceptors (Lipinski definition) is 3. The lowest BCUT2D eigenvalue weighted by atomic mass is 10.0. The van der Waals surface area contributed by atoms with Crippen LogP contribution in [0.25, 0.3) is 6.08 Å². The van der Waals surface area contributed by atoms with Crippen molar-refractivity contribution in [2.24, 2.45) is 5.92 Å². The first-order valence-electron chi connectivity index (χ1n) is 6.78. The van der Waals surface area contributed by atoms with Gasteiger partial charge in [-0.25, -0.2) is 4.79 Å². The number of ether oxygens (including phenoxy) is 1. The Kier molecular flexibility index (Phi) is 6.46. The first-order chi connectivity index (χ1) is 9.93. The minimum Gasteiger partial charge on any atom is -0.496 e. The third-order valence-corrected chi connectivity index (χ3v) is 2.87. The number of nitrogens with one attached hydrogen (secondary N) is 1. The van der Waals surface area contributed by atoms with E-state index in [9.17, 15) is 9.59 Å². The van der Waals surface area contributed by atoms with Gasteiger partial charge < -0.3 is 15.2 Å². The second-order valence-electron chi connectivity index (χ2n) is 5.10. The number of hydrogen-bond donors (Lipinski definition) is 2. The molecule has 1 amide bonds. The third-order valence-electron chi connectivity index (χ3n) is 2.87. The molecule has 0 spiro atoms. The first-order valence-corrected chi connectivity index (χ1v) is 6.78. The molecule has 0 saturated heterocycles. The van der Waals surface area contributed by atoms with Crippen LogP contribution in [0.4, 0.5) is 0 Å². The van der Waals surface area contributed by atoms with E-state index in [1.165, 1.54) is 6.08 Å². The second kappa shape index (κ2) is 8.09. The van der Waals surface area contributed by atoms with Crippen molar-refractivity contribution >= 4 is 18.0 Å². The van der Waals surface area contributed by atoms with E-state index in [0.717, 1.165) is 5.56 Å². The zero-order valence-electron chi connectivity index (χ0n) is 12.5. The highest BCUT2D eigenvalue weighted by Crippen LogP contribution is 2.18. The van der Waals surface area contributed by atoms with E-state index in [1.54, 1.807) is 19.3 Å². The van der Waals surface area contributed by atoms with Gasteiger partial charge in [0.05, 0.1) is 7.11 Å². The second-order valence-corrected chi connectivity index (χ2v) is 5.10. The lowest BCUT2D eigenvalue weighted by Gasteiger charge is -2.15. The Balaban J connectivity index is 2.71. The van der Waals surface area contributed by atoms with Crippen molar-refractivity contribution in [3.05, 3.63) is 35.9 Å². The maximum Gasteiger partial charge on any atom is 0.326 e. The topological polar surface area (TPSA) is 75.6 Å². The van der Waals surface area contributed by atoms with Crippen LogP contribution in [0.1, 0.15) is 25.8 Å². The molecule has 0 aliphatic carbocycles. The molecule has 5 nitrogen and oxygen atoms in total. The van der Waals surface area contributed by atoms with E-state index in [1.807, 2.05) is 32.0 Å². The number of rotatable bonds is 7. The van der Waals surface area contributed by atoms with Gasteiger partial charge in [0.25, 0.3) is 0 Å². The van der Waals surface area contributed by atoms with Gasteiger partial charge in [0, 0.05) is 11.6 Å². The smallest absolute Gasteiger partial charge is 0.326 e. The quantitative estimate of drug-likeness (QED) is 0.756. The summed E-state index contributed by atoms with van der Waals surface area (Å²) in [5.74, 6) is -0.625. The average Bonchev–Trinajstić information content (AvgIpc) is 2.44. The predicted molar refractivity (Wildman–Crippen MR) is 81.0 cm³/mol. The Morgan fingerprint density at radius 3 is 2.57 bits per heavy atom. The molecule has 0 heterocycles. The van der Waals surface area contributed by atoms with E-state index in [-0.39, 0.29) is 5.92 Å². The molecule has 2 N–H and O–H groups in total. The van der Waals surface area contributed by atoms with E-state index in [2.05, 4.69) is 5.32 Å². The molecular weight excluding hydrogens is 270 g/mol. The highest BCUT2D eigenvalue weighted by atomic mass is 16.5. The summed E-state index contributed by atoms with van der Waals surface area (Å²) >= 11 is 0. The van der Waals surface area contributed by atoms with Crippen molar-refractivity contribution < 1.29 is 19.4 Å². The number of aliphatic carboxylic acids is 1. The summed E-state index contributed by atoms with van der Waals surface area (Å²) in [5.41, 5.74) is 0.755. The summed E-state index contributed by atoms with van der Waals surface area (Å²) in [5, 5.41) is 11.6. The Hall–Kier alpha value is -2.30. The van der Waals surface area contributed by atoms with Crippen LogP contribution < -0.4 is 10.1 Å². The van der Waals surface area contributed by atoms with Gasteiger partial charge in [-0.1, -0.05) is 32.0 Å². The summed E-state index contributed by atoms with van der Waals surface area (Å²) in [6.45, 7) is 3.82. The molecule has 1 aromatic rings. The van der Waals surface area contributed by atoms with Crippen LogP contribution in [0.3, 0.4) is 0 Å². The molecule has 1 aromatic carbocycles. The Labute approximate surface area is 124 Å². The molecule has 21 heavy (non-hydrogen) atoms. The molecule has 1 atom stereocenters. The number of para-hydroxylation sites is 1. The van der Waals surface area contributed by atoms with Crippen LogP contribution >= 0.6 is 0 Å². The maximum absolute atomic E-state index is 11.8. The lowest BCUT2D eigenvalue weighted by molar-refractivity contribution is -0.141.